The van der Waals surface area contributed by atoms with Crippen LogP contribution < -0.4 is 4.74 Å². The molecule has 0 aliphatic rings. The van der Waals surface area contributed by atoms with E-state index in [0.29, 0.717) is 4.47 Å². The normalized spacial score (nSPS) is 11.4. The first-order chi connectivity index (χ1) is 8.93. The van der Waals surface area contributed by atoms with Crippen LogP contribution in [0.4, 0.5) is 13.2 Å². The van der Waals surface area contributed by atoms with Gasteiger partial charge in [0.15, 0.2) is 0 Å². The second-order valence-corrected chi connectivity index (χ2v) is 4.48. The smallest absolute Gasteiger partial charge is 0.417 e. The number of hydrogen-bond donors (Lipinski definition) is 0. The summed E-state index contributed by atoms with van der Waals surface area (Å²) in [7, 11) is 1.40. The molecule has 0 amide bonds. The minimum Gasteiger partial charge on any atom is -0.479 e. The summed E-state index contributed by atoms with van der Waals surface area (Å²) in [6.07, 6.45) is -4.44. The summed E-state index contributed by atoms with van der Waals surface area (Å²) < 4.78 is 44.0. The molecule has 100 valence electrons. The fourth-order valence-electron chi connectivity index (χ4n) is 1.58. The molecule has 0 atom stereocenters. The van der Waals surface area contributed by atoms with Crippen molar-refractivity contribution in [3.8, 4) is 17.1 Å². The molecule has 1 heterocycles. The van der Waals surface area contributed by atoms with Crippen LogP contribution in [0.15, 0.2) is 34.8 Å². The fraction of sp³-hybridized carbons (Fsp3) is 0.167. The Hall–Kier alpha value is -1.63. The van der Waals surface area contributed by atoms with Crippen LogP contribution in [0.3, 0.4) is 0 Å². The van der Waals surface area contributed by atoms with Gasteiger partial charge in [-0.05, 0) is 28.1 Å². The van der Waals surface area contributed by atoms with Crippen LogP contribution in [0.1, 0.15) is 5.56 Å². The van der Waals surface area contributed by atoms with Crippen LogP contribution in [0, 0.1) is 0 Å². The monoisotopic (exact) mass is 332 g/mol. The summed E-state index contributed by atoms with van der Waals surface area (Å²) in [5.41, 5.74) is -0.646. The Morgan fingerprint density at radius 1 is 1.16 bits per heavy atom. The highest BCUT2D eigenvalue weighted by atomic mass is 79.9. The largest absolute Gasteiger partial charge is 0.479 e. The maximum Gasteiger partial charge on any atom is 0.417 e. The van der Waals surface area contributed by atoms with Crippen LogP contribution in [-0.2, 0) is 6.18 Å². The quantitative estimate of drug-likeness (QED) is 0.835. The Balaban J connectivity index is 2.57. The number of nitrogens with zero attached hydrogens (tertiary/aromatic N) is 2. The number of alkyl halides is 3. The maximum absolute atomic E-state index is 12.9. The van der Waals surface area contributed by atoms with Gasteiger partial charge < -0.3 is 4.74 Å². The Kier molecular flexibility index (Phi) is 3.75. The van der Waals surface area contributed by atoms with E-state index in [1.807, 2.05) is 0 Å². The van der Waals surface area contributed by atoms with Gasteiger partial charge in [0.05, 0.1) is 22.8 Å². The topological polar surface area (TPSA) is 35.0 Å². The highest BCUT2D eigenvalue weighted by Crippen LogP contribution is 2.37. The van der Waals surface area contributed by atoms with E-state index >= 15 is 0 Å². The lowest BCUT2D eigenvalue weighted by molar-refractivity contribution is -0.137. The first-order valence-corrected chi connectivity index (χ1v) is 5.96. The van der Waals surface area contributed by atoms with Crippen molar-refractivity contribution in [2.45, 2.75) is 6.18 Å². The molecule has 0 radical (unpaired) electrons. The van der Waals surface area contributed by atoms with E-state index in [2.05, 4.69) is 26.1 Å². The standard InChI is InChI=1S/C12H8BrF3N2O/c1-19-11-9(13)6-10(17-18-11)7-4-2-3-5-8(7)12(14,15)16/h2-6H,1H3. The minimum atomic E-state index is -4.44. The lowest BCUT2D eigenvalue weighted by Crippen LogP contribution is -2.07. The Morgan fingerprint density at radius 2 is 1.84 bits per heavy atom. The van der Waals surface area contributed by atoms with Crippen molar-refractivity contribution in [3.05, 3.63) is 40.4 Å². The number of ether oxygens (including phenoxy) is 1. The summed E-state index contributed by atoms with van der Waals surface area (Å²) in [5, 5.41) is 7.46. The Morgan fingerprint density at radius 3 is 2.42 bits per heavy atom. The highest BCUT2D eigenvalue weighted by molar-refractivity contribution is 9.10. The van der Waals surface area contributed by atoms with E-state index in [-0.39, 0.29) is 17.1 Å². The van der Waals surface area contributed by atoms with E-state index in [1.165, 1.54) is 31.4 Å². The minimum absolute atomic E-state index is 0.0224. The average Bonchev–Trinajstić information content (AvgIpc) is 2.37. The second-order valence-electron chi connectivity index (χ2n) is 3.63. The molecule has 0 spiro atoms. The average molecular weight is 333 g/mol. The maximum atomic E-state index is 12.9. The summed E-state index contributed by atoms with van der Waals surface area (Å²) in [4.78, 5) is 0. The molecule has 19 heavy (non-hydrogen) atoms. The van der Waals surface area contributed by atoms with Crippen molar-refractivity contribution < 1.29 is 17.9 Å². The molecular formula is C12H8BrF3N2O. The van der Waals surface area contributed by atoms with Crippen LogP contribution in [0.5, 0.6) is 5.88 Å². The van der Waals surface area contributed by atoms with E-state index in [0.717, 1.165) is 6.07 Å². The van der Waals surface area contributed by atoms with Gasteiger partial charge in [0.1, 0.15) is 0 Å². The number of halogens is 4. The molecule has 1 aromatic carbocycles. The van der Waals surface area contributed by atoms with Crippen molar-refractivity contribution in [3.63, 3.8) is 0 Å². The van der Waals surface area contributed by atoms with Gasteiger partial charge in [-0.25, -0.2) is 0 Å². The third-order valence-corrected chi connectivity index (χ3v) is 2.99. The van der Waals surface area contributed by atoms with Gasteiger partial charge in [-0.1, -0.05) is 18.2 Å². The lowest BCUT2D eigenvalue weighted by atomic mass is 10.0. The molecule has 0 unspecified atom stereocenters. The zero-order valence-electron chi connectivity index (χ0n) is 9.70. The first-order valence-electron chi connectivity index (χ1n) is 5.17. The predicted molar refractivity (Wildman–Crippen MR) is 66.7 cm³/mol. The summed E-state index contributed by atoms with van der Waals surface area (Å²) in [6, 6.07) is 6.65. The van der Waals surface area contributed by atoms with Gasteiger partial charge in [-0.15, -0.1) is 10.2 Å². The number of aromatic nitrogens is 2. The van der Waals surface area contributed by atoms with Crippen molar-refractivity contribution in [1.29, 1.82) is 0 Å². The van der Waals surface area contributed by atoms with Crippen molar-refractivity contribution in [2.24, 2.45) is 0 Å². The van der Waals surface area contributed by atoms with E-state index in [9.17, 15) is 13.2 Å². The molecule has 0 bridgehead atoms. The van der Waals surface area contributed by atoms with Crippen molar-refractivity contribution in [2.75, 3.05) is 7.11 Å². The molecule has 0 saturated heterocycles. The molecule has 3 nitrogen and oxygen atoms in total. The number of benzene rings is 1. The van der Waals surface area contributed by atoms with Crippen molar-refractivity contribution in [1.82, 2.24) is 10.2 Å². The molecule has 0 aliphatic carbocycles. The molecule has 0 saturated carbocycles. The third kappa shape index (κ3) is 2.86. The van der Waals surface area contributed by atoms with Gasteiger partial charge in [-0.3, -0.25) is 0 Å². The van der Waals surface area contributed by atoms with Gasteiger partial charge in [0, 0.05) is 5.56 Å². The molecule has 7 heteroatoms. The van der Waals surface area contributed by atoms with Crippen LogP contribution in [0.25, 0.3) is 11.3 Å². The first kappa shape index (κ1) is 13.8. The van der Waals surface area contributed by atoms with Crippen molar-refractivity contribution >= 4 is 15.9 Å². The molecule has 1 aromatic heterocycles. The second kappa shape index (κ2) is 5.16. The number of hydrogen-bond acceptors (Lipinski definition) is 3. The number of rotatable bonds is 2. The van der Waals surface area contributed by atoms with Gasteiger partial charge in [0.25, 0.3) is 0 Å². The predicted octanol–water partition coefficient (Wildman–Crippen LogP) is 3.93. The Labute approximate surface area is 115 Å². The zero-order valence-corrected chi connectivity index (χ0v) is 11.3. The molecular weight excluding hydrogens is 325 g/mol. The molecule has 0 fully saturated rings. The lowest BCUT2D eigenvalue weighted by Gasteiger charge is -2.12. The van der Waals surface area contributed by atoms with Gasteiger partial charge in [0.2, 0.25) is 5.88 Å². The van der Waals surface area contributed by atoms with Crippen LogP contribution >= 0.6 is 15.9 Å². The van der Waals surface area contributed by atoms with E-state index < -0.39 is 11.7 Å². The van der Waals surface area contributed by atoms with Crippen LogP contribution in [0.2, 0.25) is 0 Å². The third-order valence-electron chi connectivity index (χ3n) is 2.42. The molecule has 2 rings (SSSR count). The van der Waals surface area contributed by atoms with Gasteiger partial charge in [-0.2, -0.15) is 13.2 Å². The highest BCUT2D eigenvalue weighted by Gasteiger charge is 2.33. The SMILES string of the molecule is COc1nnc(-c2ccccc2C(F)(F)F)cc1Br. The summed E-state index contributed by atoms with van der Waals surface area (Å²) in [6.45, 7) is 0. The molecule has 2 aromatic rings. The molecule has 0 N–H and O–H groups in total. The summed E-state index contributed by atoms with van der Waals surface area (Å²) in [5.74, 6) is 0.216. The molecule has 0 aliphatic heterocycles. The fourth-order valence-corrected chi connectivity index (χ4v) is 2.04. The zero-order chi connectivity index (χ0) is 14.0. The van der Waals surface area contributed by atoms with E-state index in [4.69, 9.17) is 4.74 Å². The summed E-state index contributed by atoms with van der Waals surface area (Å²) >= 11 is 3.17. The van der Waals surface area contributed by atoms with E-state index in [1.54, 1.807) is 0 Å². The Bertz CT molecular complexity index is 602. The van der Waals surface area contributed by atoms with Gasteiger partial charge >= 0.3 is 6.18 Å². The number of methoxy groups -OCH3 is 1. The van der Waals surface area contributed by atoms with Crippen LogP contribution in [-0.4, -0.2) is 17.3 Å².